The van der Waals surface area contributed by atoms with E-state index in [0.717, 1.165) is 6.07 Å². The summed E-state index contributed by atoms with van der Waals surface area (Å²) in [5.41, 5.74) is -0.0301. The summed E-state index contributed by atoms with van der Waals surface area (Å²) in [6.45, 7) is 5.26. The lowest BCUT2D eigenvalue weighted by atomic mass is 10.2. The van der Waals surface area contributed by atoms with E-state index >= 15 is 0 Å². The third-order valence-electron chi connectivity index (χ3n) is 2.83. The molecule has 0 aliphatic heterocycles. The Bertz CT molecular complexity index is 789. The molecule has 0 atom stereocenters. The Labute approximate surface area is 152 Å². The summed E-state index contributed by atoms with van der Waals surface area (Å²) in [5, 5.41) is 5.08. The Morgan fingerprint density at radius 1 is 1.16 bits per heavy atom. The van der Waals surface area contributed by atoms with Crippen LogP contribution in [-0.2, 0) is 4.74 Å². The van der Waals surface area contributed by atoms with Crippen LogP contribution in [0.3, 0.4) is 0 Å². The average Bonchev–Trinajstić information content (AvgIpc) is 2.50. The summed E-state index contributed by atoms with van der Waals surface area (Å²) in [5.74, 6) is -0.717. The molecule has 0 fully saturated rings. The van der Waals surface area contributed by atoms with E-state index in [-0.39, 0.29) is 15.9 Å². The molecule has 2 aromatic rings. The van der Waals surface area contributed by atoms with Crippen molar-refractivity contribution in [3.8, 4) is 0 Å². The number of pyridine rings is 1. The molecule has 0 bridgehead atoms. The molecule has 0 aliphatic rings. The maximum atomic E-state index is 13.5. The molecule has 2 N–H and O–H groups in total. The van der Waals surface area contributed by atoms with Crippen LogP contribution in [0.4, 0.5) is 20.7 Å². The summed E-state index contributed by atoms with van der Waals surface area (Å²) < 4.78 is 18.9. The van der Waals surface area contributed by atoms with Gasteiger partial charge in [-0.2, -0.15) is 0 Å². The van der Waals surface area contributed by atoms with Crippen LogP contribution in [0.5, 0.6) is 0 Å². The number of rotatable bonds is 3. The second-order valence-electron chi connectivity index (χ2n) is 6.14. The fourth-order valence-corrected chi connectivity index (χ4v) is 2.04. The number of hydrogen-bond donors (Lipinski definition) is 2. The summed E-state index contributed by atoms with van der Waals surface area (Å²) in [4.78, 5) is 27.8. The molecule has 0 unspecified atom stereocenters. The SMILES string of the molecule is CC(C)(C)OC(=O)Nc1ccc(NC(=O)c2ccc(Br)c(F)c2)cn1. The van der Waals surface area contributed by atoms with Crippen molar-refractivity contribution in [1.82, 2.24) is 4.98 Å². The molecule has 2 rings (SSSR count). The van der Waals surface area contributed by atoms with Gasteiger partial charge in [0.05, 0.1) is 16.4 Å². The maximum Gasteiger partial charge on any atom is 0.413 e. The molecule has 0 saturated carbocycles. The van der Waals surface area contributed by atoms with Gasteiger partial charge in [-0.15, -0.1) is 0 Å². The van der Waals surface area contributed by atoms with Gasteiger partial charge < -0.3 is 10.1 Å². The number of amides is 2. The molecule has 0 radical (unpaired) electrons. The van der Waals surface area contributed by atoms with Gasteiger partial charge in [0.25, 0.3) is 5.91 Å². The number of carbonyl (C=O) groups is 2. The Morgan fingerprint density at radius 3 is 2.44 bits per heavy atom. The predicted octanol–water partition coefficient (Wildman–Crippen LogP) is 4.58. The molecule has 132 valence electrons. The molecule has 1 heterocycles. The highest BCUT2D eigenvalue weighted by atomic mass is 79.9. The molecular formula is C17H17BrFN3O3. The van der Waals surface area contributed by atoms with Crippen molar-refractivity contribution in [1.29, 1.82) is 0 Å². The minimum Gasteiger partial charge on any atom is -0.444 e. The number of ether oxygens (including phenoxy) is 1. The molecule has 25 heavy (non-hydrogen) atoms. The van der Waals surface area contributed by atoms with Gasteiger partial charge in [0, 0.05) is 5.56 Å². The number of benzene rings is 1. The van der Waals surface area contributed by atoms with E-state index in [1.807, 2.05) is 0 Å². The van der Waals surface area contributed by atoms with E-state index in [4.69, 9.17) is 4.74 Å². The van der Waals surface area contributed by atoms with Crippen LogP contribution in [0.15, 0.2) is 41.0 Å². The number of nitrogens with one attached hydrogen (secondary N) is 2. The number of carbonyl (C=O) groups excluding carboxylic acids is 2. The first-order valence-corrected chi connectivity index (χ1v) is 8.16. The van der Waals surface area contributed by atoms with Gasteiger partial charge in [-0.25, -0.2) is 14.2 Å². The summed E-state index contributed by atoms with van der Waals surface area (Å²) in [6.07, 6.45) is 0.752. The van der Waals surface area contributed by atoms with E-state index in [1.54, 1.807) is 26.8 Å². The predicted molar refractivity (Wildman–Crippen MR) is 96.1 cm³/mol. The molecule has 0 spiro atoms. The Morgan fingerprint density at radius 2 is 1.88 bits per heavy atom. The highest BCUT2D eigenvalue weighted by molar-refractivity contribution is 9.10. The highest BCUT2D eigenvalue weighted by Gasteiger charge is 2.16. The topological polar surface area (TPSA) is 80.3 Å². The van der Waals surface area contributed by atoms with Gasteiger partial charge in [-0.1, -0.05) is 0 Å². The molecule has 0 saturated heterocycles. The lowest BCUT2D eigenvalue weighted by Crippen LogP contribution is -2.27. The smallest absolute Gasteiger partial charge is 0.413 e. The van der Waals surface area contributed by atoms with Gasteiger partial charge in [-0.3, -0.25) is 10.1 Å². The van der Waals surface area contributed by atoms with Crippen LogP contribution in [-0.4, -0.2) is 22.6 Å². The van der Waals surface area contributed by atoms with Crippen LogP contribution < -0.4 is 10.6 Å². The zero-order valence-electron chi connectivity index (χ0n) is 13.9. The summed E-state index contributed by atoms with van der Waals surface area (Å²) in [7, 11) is 0. The molecule has 6 nitrogen and oxygen atoms in total. The third-order valence-corrected chi connectivity index (χ3v) is 3.48. The first kappa shape index (κ1) is 18.9. The van der Waals surface area contributed by atoms with Gasteiger partial charge >= 0.3 is 6.09 Å². The molecular weight excluding hydrogens is 393 g/mol. The zero-order valence-corrected chi connectivity index (χ0v) is 15.5. The second-order valence-corrected chi connectivity index (χ2v) is 7.00. The Kier molecular flexibility index (Phi) is 5.73. The Balaban J connectivity index is 1.99. The fourth-order valence-electron chi connectivity index (χ4n) is 1.79. The largest absolute Gasteiger partial charge is 0.444 e. The molecule has 0 aliphatic carbocycles. The lowest BCUT2D eigenvalue weighted by Gasteiger charge is -2.19. The van der Waals surface area contributed by atoms with Crippen molar-refractivity contribution in [3.05, 3.63) is 52.4 Å². The van der Waals surface area contributed by atoms with Crippen LogP contribution in [0.1, 0.15) is 31.1 Å². The number of nitrogens with zero attached hydrogens (tertiary/aromatic N) is 1. The van der Waals surface area contributed by atoms with Crippen molar-refractivity contribution in [2.45, 2.75) is 26.4 Å². The van der Waals surface area contributed by atoms with Crippen LogP contribution in [0.2, 0.25) is 0 Å². The number of hydrogen-bond acceptors (Lipinski definition) is 4. The maximum absolute atomic E-state index is 13.5. The lowest BCUT2D eigenvalue weighted by molar-refractivity contribution is 0.0635. The quantitative estimate of drug-likeness (QED) is 0.776. The second kappa shape index (κ2) is 7.60. The molecule has 2 amide bonds. The van der Waals surface area contributed by atoms with Crippen molar-refractivity contribution in [2.75, 3.05) is 10.6 Å². The van der Waals surface area contributed by atoms with E-state index in [9.17, 15) is 14.0 Å². The normalized spacial score (nSPS) is 10.9. The van der Waals surface area contributed by atoms with Gasteiger partial charge in [0.1, 0.15) is 17.2 Å². The van der Waals surface area contributed by atoms with Crippen molar-refractivity contribution in [3.63, 3.8) is 0 Å². The average molecular weight is 410 g/mol. The highest BCUT2D eigenvalue weighted by Crippen LogP contribution is 2.18. The minimum absolute atomic E-state index is 0.177. The van der Waals surface area contributed by atoms with Gasteiger partial charge in [0.15, 0.2) is 0 Å². The van der Waals surface area contributed by atoms with E-state index < -0.39 is 23.4 Å². The van der Waals surface area contributed by atoms with Crippen molar-refractivity contribution >= 4 is 39.4 Å². The summed E-state index contributed by atoms with van der Waals surface area (Å²) >= 11 is 3.03. The first-order valence-electron chi connectivity index (χ1n) is 7.36. The summed E-state index contributed by atoms with van der Waals surface area (Å²) in [6, 6.07) is 7.16. The third kappa shape index (κ3) is 5.82. The monoisotopic (exact) mass is 409 g/mol. The first-order chi connectivity index (χ1) is 11.6. The van der Waals surface area contributed by atoms with Crippen LogP contribution in [0, 0.1) is 5.82 Å². The number of halogens is 2. The van der Waals surface area contributed by atoms with Crippen LogP contribution >= 0.6 is 15.9 Å². The Hall–Kier alpha value is -2.48. The van der Waals surface area contributed by atoms with Crippen molar-refractivity contribution < 1.29 is 18.7 Å². The van der Waals surface area contributed by atoms with Gasteiger partial charge in [0.2, 0.25) is 0 Å². The van der Waals surface area contributed by atoms with Gasteiger partial charge in [-0.05, 0) is 67.0 Å². The van der Waals surface area contributed by atoms with E-state index in [2.05, 4.69) is 31.5 Å². The zero-order chi connectivity index (χ0) is 18.6. The molecule has 1 aromatic carbocycles. The number of anilines is 2. The fraction of sp³-hybridized carbons (Fsp3) is 0.235. The molecule has 1 aromatic heterocycles. The molecule has 8 heteroatoms. The minimum atomic E-state index is -0.623. The van der Waals surface area contributed by atoms with Crippen molar-refractivity contribution in [2.24, 2.45) is 0 Å². The standard InChI is InChI=1S/C17H17BrFN3O3/c1-17(2,3)25-16(24)22-14-7-5-11(9-20-14)21-15(23)10-4-6-12(18)13(19)8-10/h4-9H,1-3H3,(H,21,23)(H,20,22,24). The van der Waals surface area contributed by atoms with E-state index in [1.165, 1.54) is 24.4 Å². The van der Waals surface area contributed by atoms with E-state index in [0.29, 0.717) is 5.69 Å². The van der Waals surface area contributed by atoms with Crippen LogP contribution in [0.25, 0.3) is 0 Å². The number of aromatic nitrogens is 1.